The van der Waals surface area contributed by atoms with Crippen LogP contribution in [0.2, 0.25) is 0 Å². The van der Waals surface area contributed by atoms with Crippen LogP contribution in [0, 0.1) is 0 Å². The summed E-state index contributed by atoms with van der Waals surface area (Å²) in [5, 5.41) is 5.31. The number of nitrogens with two attached hydrogens (primary N) is 1. The molecule has 1 heterocycles. The van der Waals surface area contributed by atoms with Crippen molar-refractivity contribution in [2.45, 2.75) is 18.9 Å². The summed E-state index contributed by atoms with van der Waals surface area (Å²) >= 11 is 0. The minimum absolute atomic E-state index is 0.224. The zero-order chi connectivity index (χ0) is 15.3. The Balaban J connectivity index is 1.93. The van der Waals surface area contributed by atoms with E-state index >= 15 is 0 Å². The number of carbonyl (C=O) groups excluding carboxylic acids is 2. The van der Waals surface area contributed by atoms with Crippen molar-refractivity contribution in [1.82, 2.24) is 0 Å². The summed E-state index contributed by atoms with van der Waals surface area (Å²) in [6, 6.07) is 6.69. The molecule has 7 nitrogen and oxygen atoms in total. The number of nitrogens with one attached hydrogen (secondary N) is 2. The maximum absolute atomic E-state index is 12.1. The van der Waals surface area contributed by atoms with Crippen LogP contribution >= 0.6 is 0 Å². The number of benzene rings is 1. The van der Waals surface area contributed by atoms with Gasteiger partial charge < -0.3 is 20.5 Å². The maximum atomic E-state index is 12.1. The molecule has 1 aliphatic rings. The van der Waals surface area contributed by atoms with Gasteiger partial charge in [-0.15, -0.1) is 0 Å². The topological polar surface area (TPSA) is 103 Å². The highest BCUT2D eigenvalue weighted by molar-refractivity contribution is 5.98. The summed E-state index contributed by atoms with van der Waals surface area (Å²) < 4.78 is 9.93. The molecule has 21 heavy (non-hydrogen) atoms. The predicted molar refractivity (Wildman–Crippen MR) is 78.1 cm³/mol. The number of carbonyl (C=O) groups is 2. The third-order valence-corrected chi connectivity index (χ3v) is 3.17. The van der Waals surface area contributed by atoms with Gasteiger partial charge in [0.25, 0.3) is 0 Å². The lowest BCUT2D eigenvalue weighted by molar-refractivity contribution is -0.121. The van der Waals surface area contributed by atoms with E-state index in [1.54, 1.807) is 31.2 Å². The number of hydrogen-bond donors (Lipinski definition) is 3. The summed E-state index contributed by atoms with van der Waals surface area (Å²) in [5.74, 6) is -0.272. The van der Waals surface area contributed by atoms with Crippen molar-refractivity contribution in [3.63, 3.8) is 0 Å². The van der Waals surface area contributed by atoms with Crippen molar-refractivity contribution < 1.29 is 19.1 Å². The van der Waals surface area contributed by atoms with Crippen molar-refractivity contribution in [3.8, 4) is 0 Å². The highest BCUT2D eigenvalue weighted by Crippen LogP contribution is 2.19. The van der Waals surface area contributed by atoms with Crippen LogP contribution in [0.4, 0.5) is 16.2 Å². The van der Waals surface area contributed by atoms with Crippen LogP contribution in [0.1, 0.15) is 13.3 Å². The van der Waals surface area contributed by atoms with Gasteiger partial charge in [-0.2, -0.15) is 0 Å². The van der Waals surface area contributed by atoms with Gasteiger partial charge in [0.2, 0.25) is 5.91 Å². The second-order valence-corrected chi connectivity index (χ2v) is 4.84. The molecule has 114 valence electrons. The van der Waals surface area contributed by atoms with Gasteiger partial charge in [-0.25, -0.2) is 4.79 Å². The fourth-order valence-corrected chi connectivity index (χ4v) is 1.94. The van der Waals surface area contributed by atoms with Crippen LogP contribution in [0.5, 0.6) is 0 Å². The first-order valence-electron chi connectivity index (χ1n) is 6.75. The van der Waals surface area contributed by atoms with Crippen LogP contribution in [-0.4, -0.2) is 37.4 Å². The average Bonchev–Trinajstić information content (AvgIpc) is 2.89. The van der Waals surface area contributed by atoms with Gasteiger partial charge in [0.1, 0.15) is 5.54 Å². The predicted octanol–water partition coefficient (Wildman–Crippen LogP) is 1.31. The van der Waals surface area contributed by atoms with Gasteiger partial charge in [-0.1, -0.05) is 0 Å². The summed E-state index contributed by atoms with van der Waals surface area (Å²) in [5.41, 5.74) is 6.18. The summed E-state index contributed by atoms with van der Waals surface area (Å²) in [4.78, 5) is 23.3. The largest absolute Gasteiger partial charge is 0.450 e. The summed E-state index contributed by atoms with van der Waals surface area (Å²) in [6.07, 6.45) is -0.0141. The monoisotopic (exact) mass is 293 g/mol. The molecule has 0 aromatic heterocycles. The Bertz CT molecular complexity index is 509. The van der Waals surface area contributed by atoms with Crippen molar-refractivity contribution >= 4 is 23.4 Å². The van der Waals surface area contributed by atoms with Gasteiger partial charge in [0, 0.05) is 18.0 Å². The molecule has 1 saturated heterocycles. The lowest BCUT2D eigenvalue weighted by Crippen LogP contribution is -2.51. The van der Waals surface area contributed by atoms with Gasteiger partial charge in [0.15, 0.2) is 0 Å². The highest BCUT2D eigenvalue weighted by Gasteiger charge is 2.38. The molecule has 7 heteroatoms. The minimum Gasteiger partial charge on any atom is -0.450 e. The van der Waals surface area contributed by atoms with Crippen LogP contribution in [-0.2, 0) is 14.3 Å². The zero-order valence-corrected chi connectivity index (χ0v) is 11.8. The molecule has 0 bridgehead atoms. The molecule has 2 amide bonds. The van der Waals surface area contributed by atoms with E-state index in [1.807, 2.05) is 0 Å². The molecule has 1 unspecified atom stereocenters. The first-order chi connectivity index (χ1) is 10.0. The smallest absolute Gasteiger partial charge is 0.411 e. The van der Waals surface area contributed by atoms with Crippen molar-refractivity contribution in [1.29, 1.82) is 0 Å². The number of amides is 2. The van der Waals surface area contributed by atoms with Crippen molar-refractivity contribution in [2.75, 3.05) is 30.5 Å². The number of anilines is 2. The van der Waals surface area contributed by atoms with E-state index in [1.165, 1.54) is 0 Å². The fraction of sp³-hybridized carbons (Fsp3) is 0.429. The first-order valence-corrected chi connectivity index (χ1v) is 6.75. The van der Waals surface area contributed by atoms with E-state index in [2.05, 4.69) is 10.6 Å². The van der Waals surface area contributed by atoms with Crippen LogP contribution in [0.15, 0.2) is 24.3 Å². The molecule has 2 rings (SSSR count). The molecule has 4 N–H and O–H groups in total. The van der Waals surface area contributed by atoms with E-state index in [4.69, 9.17) is 15.2 Å². The van der Waals surface area contributed by atoms with Gasteiger partial charge in [-0.05, 0) is 37.6 Å². The van der Waals surface area contributed by atoms with E-state index in [0.717, 1.165) is 0 Å². The average molecular weight is 293 g/mol. The summed E-state index contributed by atoms with van der Waals surface area (Å²) in [6.45, 7) is 2.75. The SMILES string of the molecule is CCOC(=O)Nc1ccc(NC(=O)C2(N)CCOC2)cc1. The van der Waals surface area contributed by atoms with Gasteiger partial charge in [0.05, 0.1) is 13.2 Å². The second kappa shape index (κ2) is 6.55. The van der Waals surface area contributed by atoms with Crippen LogP contribution < -0.4 is 16.4 Å². The lowest BCUT2D eigenvalue weighted by Gasteiger charge is -2.20. The van der Waals surface area contributed by atoms with Gasteiger partial charge in [-0.3, -0.25) is 10.1 Å². The molecule has 1 aliphatic heterocycles. The molecule has 1 aromatic carbocycles. The molecule has 1 atom stereocenters. The molecule has 0 spiro atoms. The lowest BCUT2D eigenvalue weighted by atomic mass is 9.99. The van der Waals surface area contributed by atoms with Crippen molar-refractivity contribution in [2.24, 2.45) is 5.73 Å². The van der Waals surface area contributed by atoms with Crippen LogP contribution in [0.3, 0.4) is 0 Å². The quantitative estimate of drug-likeness (QED) is 0.776. The molecular weight excluding hydrogens is 274 g/mol. The molecule has 0 aliphatic carbocycles. The Labute approximate surface area is 122 Å². The first kappa shape index (κ1) is 15.3. The third-order valence-electron chi connectivity index (χ3n) is 3.17. The van der Waals surface area contributed by atoms with E-state index < -0.39 is 11.6 Å². The normalized spacial score (nSPS) is 20.9. The number of rotatable bonds is 4. The number of hydrogen-bond acceptors (Lipinski definition) is 5. The fourth-order valence-electron chi connectivity index (χ4n) is 1.94. The van der Waals surface area contributed by atoms with Crippen molar-refractivity contribution in [3.05, 3.63) is 24.3 Å². The Hall–Kier alpha value is -2.12. The third kappa shape index (κ3) is 3.93. The molecule has 1 aromatic rings. The molecule has 0 saturated carbocycles. The molecule has 0 radical (unpaired) electrons. The zero-order valence-electron chi connectivity index (χ0n) is 11.8. The Kier molecular flexibility index (Phi) is 4.77. The second-order valence-electron chi connectivity index (χ2n) is 4.84. The molecular formula is C14H19N3O4. The van der Waals surface area contributed by atoms with E-state index in [-0.39, 0.29) is 12.5 Å². The van der Waals surface area contributed by atoms with E-state index in [9.17, 15) is 9.59 Å². The van der Waals surface area contributed by atoms with Crippen LogP contribution in [0.25, 0.3) is 0 Å². The Morgan fingerprint density at radius 3 is 2.43 bits per heavy atom. The summed E-state index contributed by atoms with van der Waals surface area (Å²) in [7, 11) is 0. The van der Waals surface area contributed by atoms with Gasteiger partial charge >= 0.3 is 6.09 Å². The Morgan fingerprint density at radius 1 is 1.29 bits per heavy atom. The standard InChI is InChI=1S/C14H19N3O4/c1-2-21-13(19)17-11-5-3-10(4-6-11)16-12(18)14(15)7-8-20-9-14/h3-6H,2,7-9,15H2,1H3,(H,16,18)(H,17,19). The minimum atomic E-state index is -0.970. The van der Waals surface area contributed by atoms with E-state index in [0.29, 0.717) is 31.0 Å². The number of ether oxygens (including phenoxy) is 2. The Morgan fingerprint density at radius 2 is 1.90 bits per heavy atom. The maximum Gasteiger partial charge on any atom is 0.411 e. The highest BCUT2D eigenvalue weighted by atomic mass is 16.5. The molecule has 1 fully saturated rings.